The number of nitrogens with zero attached hydrogens (tertiary/aromatic N) is 3. The molecule has 0 unspecified atom stereocenters. The maximum Gasteiger partial charge on any atom is 0.139 e. The van der Waals surface area contributed by atoms with Crippen LogP contribution < -0.4 is 0 Å². The Morgan fingerprint density at radius 2 is 1.90 bits per heavy atom. The van der Waals surface area contributed by atoms with Gasteiger partial charge in [0.05, 0.1) is 22.7 Å². The van der Waals surface area contributed by atoms with Crippen LogP contribution in [0.5, 0.6) is 0 Å². The summed E-state index contributed by atoms with van der Waals surface area (Å²) in [4.78, 5) is 16.7. The molecule has 0 amide bonds. The molecule has 0 atom stereocenters. The Morgan fingerprint density at radius 1 is 1.00 bits per heavy atom. The molecule has 0 bridgehead atoms. The standard InChI is InChI=1S/C16H12N4/c1-10-8-12(11-4-2-3-5-13(11)18-10)16-19-14-6-7-17-9-15(14)20-16/h2-9H,1H3,(H,19,20). The van der Waals surface area contributed by atoms with E-state index >= 15 is 0 Å². The van der Waals surface area contributed by atoms with Crippen LogP contribution in [-0.2, 0) is 0 Å². The quantitative estimate of drug-likeness (QED) is 0.570. The maximum absolute atomic E-state index is 4.65. The molecule has 1 N–H and O–H groups in total. The van der Waals surface area contributed by atoms with E-state index in [1.807, 2.05) is 31.2 Å². The number of imidazole rings is 1. The van der Waals surface area contributed by atoms with Gasteiger partial charge in [-0.1, -0.05) is 18.2 Å². The number of rotatable bonds is 1. The molecule has 96 valence electrons. The van der Waals surface area contributed by atoms with E-state index in [-0.39, 0.29) is 0 Å². The summed E-state index contributed by atoms with van der Waals surface area (Å²) >= 11 is 0. The average Bonchev–Trinajstić information content (AvgIpc) is 2.90. The Morgan fingerprint density at radius 3 is 2.80 bits per heavy atom. The molecule has 0 aliphatic rings. The van der Waals surface area contributed by atoms with E-state index in [0.29, 0.717) is 0 Å². The summed E-state index contributed by atoms with van der Waals surface area (Å²) in [6, 6.07) is 12.1. The smallest absolute Gasteiger partial charge is 0.139 e. The fourth-order valence-electron chi connectivity index (χ4n) is 2.49. The molecule has 0 aliphatic carbocycles. The summed E-state index contributed by atoms with van der Waals surface area (Å²) in [5.41, 5.74) is 4.91. The fourth-order valence-corrected chi connectivity index (χ4v) is 2.49. The number of hydrogen-bond acceptors (Lipinski definition) is 3. The van der Waals surface area contributed by atoms with Crippen LogP contribution in [0, 0.1) is 6.92 Å². The first kappa shape index (κ1) is 11.1. The maximum atomic E-state index is 4.65. The number of nitrogens with one attached hydrogen (secondary N) is 1. The van der Waals surface area contributed by atoms with E-state index in [0.717, 1.165) is 39.0 Å². The van der Waals surface area contributed by atoms with E-state index < -0.39 is 0 Å². The molecule has 4 aromatic rings. The van der Waals surface area contributed by atoms with Gasteiger partial charge in [0.15, 0.2) is 0 Å². The molecule has 0 saturated carbocycles. The molecule has 0 fully saturated rings. The summed E-state index contributed by atoms with van der Waals surface area (Å²) < 4.78 is 0. The van der Waals surface area contributed by atoms with Crippen LogP contribution in [0.2, 0.25) is 0 Å². The van der Waals surface area contributed by atoms with Gasteiger partial charge in [0.25, 0.3) is 0 Å². The van der Waals surface area contributed by atoms with Gasteiger partial charge in [0.2, 0.25) is 0 Å². The van der Waals surface area contributed by atoms with Crippen molar-refractivity contribution in [3.63, 3.8) is 0 Å². The SMILES string of the molecule is Cc1cc(-c2nc3ccncc3[nH]2)c2ccccc2n1. The molecule has 3 heterocycles. The van der Waals surface area contributed by atoms with Crippen molar-refractivity contribution in [1.82, 2.24) is 19.9 Å². The van der Waals surface area contributed by atoms with Crippen LogP contribution in [0.1, 0.15) is 5.69 Å². The molecular formula is C16H12N4. The lowest BCUT2D eigenvalue weighted by Crippen LogP contribution is -1.89. The van der Waals surface area contributed by atoms with Crippen LogP contribution in [-0.4, -0.2) is 19.9 Å². The summed E-state index contributed by atoms with van der Waals surface area (Å²) in [5.74, 6) is 0.856. The van der Waals surface area contributed by atoms with E-state index in [9.17, 15) is 0 Å². The summed E-state index contributed by atoms with van der Waals surface area (Å²) in [7, 11) is 0. The summed E-state index contributed by atoms with van der Waals surface area (Å²) in [5, 5.41) is 1.10. The molecule has 0 aliphatic heterocycles. The predicted molar refractivity (Wildman–Crippen MR) is 79.4 cm³/mol. The van der Waals surface area contributed by atoms with Crippen LogP contribution in [0.25, 0.3) is 33.3 Å². The molecular weight excluding hydrogens is 248 g/mol. The monoisotopic (exact) mass is 260 g/mol. The second kappa shape index (κ2) is 4.13. The average molecular weight is 260 g/mol. The Kier molecular flexibility index (Phi) is 2.29. The number of para-hydroxylation sites is 1. The molecule has 3 aromatic heterocycles. The van der Waals surface area contributed by atoms with Gasteiger partial charge in [0, 0.05) is 22.8 Å². The highest BCUT2D eigenvalue weighted by Crippen LogP contribution is 2.27. The van der Waals surface area contributed by atoms with Gasteiger partial charge in [-0.3, -0.25) is 9.97 Å². The highest BCUT2D eigenvalue weighted by atomic mass is 14.9. The van der Waals surface area contributed by atoms with Crippen LogP contribution >= 0.6 is 0 Å². The lowest BCUT2D eigenvalue weighted by molar-refractivity contribution is 1.24. The van der Waals surface area contributed by atoms with E-state index in [2.05, 4.69) is 32.1 Å². The third-order valence-electron chi connectivity index (χ3n) is 3.38. The number of fused-ring (bicyclic) bond motifs is 2. The molecule has 0 spiro atoms. The second-order valence-electron chi connectivity index (χ2n) is 4.81. The van der Waals surface area contributed by atoms with Crippen LogP contribution in [0.15, 0.2) is 48.8 Å². The number of benzene rings is 1. The second-order valence-corrected chi connectivity index (χ2v) is 4.81. The Bertz CT molecular complexity index is 891. The van der Waals surface area contributed by atoms with E-state index in [1.165, 1.54) is 0 Å². The van der Waals surface area contributed by atoms with Gasteiger partial charge in [-0.2, -0.15) is 0 Å². The van der Waals surface area contributed by atoms with Crippen molar-refractivity contribution < 1.29 is 0 Å². The Hall–Kier alpha value is -2.75. The zero-order valence-corrected chi connectivity index (χ0v) is 11.0. The van der Waals surface area contributed by atoms with Crippen molar-refractivity contribution in [2.24, 2.45) is 0 Å². The lowest BCUT2D eigenvalue weighted by Gasteiger charge is -2.05. The number of H-pyrrole nitrogens is 1. The first-order valence-corrected chi connectivity index (χ1v) is 6.48. The van der Waals surface area contributed by atoms with Crippen molar-refractivity contribution in [1.29, 1.82) is 0 Å². The third-order valence-corrected chi connectivity index (χ3v) is 3.38. The Balaban J connectivity index is 2.06. The zero-order valence-electron chi connectivity index (χ0n) is 11.0. The van der Waals surface area contributed by atoms with Gasteiger partial charge in [-0.25, -0.2) is 4.98 Å². The number of aromatic amines is 1. The van der Waals surface area contributed by atoms with Crippen molar-refractivity contribution in [2.75, 3.05) is 0 Å². The van der Waals surface area contributed by atoms with Gasteiger partial charge in [-0.15, -0.1) is 0 Å². The minimum absolute atomic E-state index is 0.856. The highest BCUT2D eigenvalue weighted by Gasteiger charge is 2.10. The molecule has 4 heteroatoms. The third kappa shape index (κ3) is 1.66. The zero-order chi connectivity index (χ0) is 13.5. The van der Waals surface area contributed by atoms with Crippen molar-refractivity contribution in [3.05, 3.63) is 54.5 Å². The van der Waals surface area contributed by atoms with Crippen LogP contribution in [0.4, 0.5) is 0 Å². The van der Waals surface area contributed by atoms with Crippen molar-refractivity contribution in [3.8, 4) is 11.4 Å². The topological polar surface area (TPSA) is 54.5 Å². The van der Waals surface area contributed by atoms with Gasteiger partial charge < -0.3 is 4.98 Å². The van der Waals surface area contributed by atoms with Gasteiger partial charge in [0.1, 0.15) is 5.82 Å². The minimum Gasteiger partial charge on any atom is -0.337 e. The largest absolute Gasteiger partial charge is 0.337 e. The molecule has 4 nitrogen and oxygen atoms in total. The van der Waals surface area contributed by atoms with E-state index in [1.54, 1.807) is 12.4 Å². The molecule has 20 heavy (non-hydrogen) atoms. The molecule has 0 saturated heterocycles. The van der Waals surface area contributed by atoms with E-state index in [4.69, 9.17) is 0 Å². The number of aromatic nitrogens is 4. The number of pyridine rings is 2. The molecule has 0 radical (unpaired) electrons. The molecule has 4 rings (SSSR count). The lowest BCUT2D eigenvalue weighted by atomic mass is 10.1. The minimum atomic E-state index is 0.856. The number of aryl methyl sites for hydroxylation is 1. The first-order valence-electron chi connectivity index (χ1n) is 6.48. The van der Waals surface area contributed by atoms with Gasteiger partial charge in [-0.05, 0) is 25.1 Å². The first-order chi connectivity index (χ1) is 9.81. The van der Waals surface area contributed by atoms with Gasteiger partial charge >= 0.3 is 0 Å². The molecule has 1 aromatic carbocycles. The highest BCUT2D eigenvalue weighted by molar-refractivity contribution is 5.94. The Labute approximate surface area is 115 Å². The summed E-state index contributed by atoms with van der Waals surface area (Å²) in [6.07, 6.45) is 3.55. The fraction of sp³-hybridized carbons (Fsp3) is 0.0625. The number of hydrogen-bond donors (Lipinski definition) is 1. The van der Waals surface area contributed by atoms with Crippen LogP contribution in [0.3, 0.4) is 0 Å². The normalized spacial score (nSPS) is 11.2. The van der Waals surface area contributed by atoms with Crippen molar-refractivity contribution >= 4 is 21.9 Å². The van der Waals surface area contributed by atoms with Crippen molar-refractivity contribution in [2.45, 2.75) is 6.92 Å². The summed E-state index contributed by atoms with van der Waals surface area (Å²) in [6.45, 7) is 2.00. The predicted octanol–water partition coefficient (Wildman–Crippen LogP) is 3.48.